The van der Waals surface area contributed by atoms with Gasteiger partial charge in [-0.05, 0) is 31.2 Å². The monoisotopic (exact) mass is 385 g/mol. The summed E-state index contributed by atoms with van der Waals surface area (Å²) in [5, 5.41) is 2.65. The number of para-hydroxylation sites is 1. The molecule has 28 heavy (non-hydrogen) atoms. The van der Waals surface area contributed by atoms with E-state index >= 15 is 0 Å². The van der Waals surface area contributed by atoms with Crippen molar-refractivity contribution < 1.29 is 33.3 Å². The lowest BCUT2D eigenvalue weighted by Gasteiger charge is -2.19. The molecule has 1 amide bonds. The molecule has 0 aliphatic carbocycles. The Morgan fingerprint density at radius 1 is 1.14 bits per heavy atom. The molecule has 146 valence electrons. The molecule has 2 aromatic carbocycles. The molecule has 8 nitrogen and oxygen atoms in total. The van der Waals surface area contributed by atoms with Gasteiger partial charge in [-0.3, -0.25) is 9.59 Å². The van der Waals surface area contributed by atoms with E-state index in [1.807, 2.05) is 0 Å². The van der Waals surface area contributed by atoms with Crippen molar-refractivity contribution in [2.75, 3.05) is 25.1 Å². The van der Waals surface area contributed by atoms with Gasteiger partial charge in [0.1, 0.15) is 19.0 Å². The number of carbonyl (C=O) groups excluding carboxylic acids is 3. The van der Waals surface area contributed by atoms with Crippen molar-refractivity contribution in [1.29, 1.82) is 0 Å². The van der Waals surface area contributed by atoms with Gasteiger partial charge in [-0.2, -0.15) is 0 Å². The number of nitrogens with one attached hydrogen (secondary N) is 1. The molecule has 0 fully saturated rings. The number of fused-ring (bicyclic) bond motifs is 1. The smallest absolute Gasteiger partial charge is 0.344 e. The first-order chi connectivity index (χ1) is 13.6. The Labute approximate surface area is 161 Å². The molecule has 0 bridgehead atoms. The Bertz CT molecular complexity index is 881. The predicted molar refractivity (Wildman–Crippen MR) is 98.9 cm³/mol. The zero-order valence-corrected chi connectivity index (χ0v) is 15.2. The van der Waals surface area contributed by atoms with Crippen molar-refractivity contribution in [3.05, 3.63) is 48.0 Å². The Kier molecular flexibility index (Phi) is 6.11. The second-order valence-electron chi connectivity index (χ2n) is 5.92. The van der Waals surface area contributed by atoms with Crippen LogP contribution in [0.1, 0.15) is 17.3 Å². The molecule has 1 N–H and O–H groups in total. The van der Waals surface area contributed by atoms with Crippen molar-refractivity contribution in [1.82, 2.24) is 0 Å². The Balaban J connectivity index is 1.51. The highest BCUT2D eigenvalue weighted by atomic mass is 16.6. The molecule has 8 heteroatoms. The zero-order valence-electron chi connectivity index (χ0n) is 15.2. The van der Waals surface area contributed by atoms with Crippen LogP contribution in [0.25, 0.3) is 0 Å². The zero-order chi connectivity index (χ0) is 19.9. The third-order valence-corrected chi connectivity index (χ3v) is 3.88. The number of rotatable bonds is 7. The molecule has 0 radical (unpaired) electrons. The number of esters is 1. The van der Waals surface area contributed by atoms with Crippen molar-refractivity contribution in [3.63, 3.8) is 0 Å². The van der Waals surface area contributed by atoms with Gasteiger partial charge in [0.2, 0.25) is 0 Å². The van der Waals surface area contributed by atoms with Gasteiger partial charge in [-0.1, -0.05) is 12.1 Å². The lowest BCUT2D eigenvalue weighted by Crippen LogP contribution is -2.31. The Hall–Kier alpha value is -3.55. The highest BCUT2D eigenvalue weighted by Gasteiger charge is 2.20. The number of aldehydes is 1. The van der Waals surface area contributed by atoms with E-state index in [1.54, 1.807) is 42.5 Å². The summed E-state index contributed by atoms with van der Waals surface area (Å²) in [5.41, 5.74) is 0.813. The molecule has 2 aromatic rings. The first-order valence-electron chi connectivity index (χ1n) is 8.64. The predicted octanol–water partition coefficient (Wildman–Crippen LogP) is 2.22. The molecule has 1 atom stereocenters. The van der Waals surface area contributed by atoms with Gasteiger partial charge in [0.15, 0.2) is 30.5 Å². The van der Waals surface area contributed by atoms with Crippen molar-refractivity contribution in [3.8, 4) is 17.2 Å². The van der Waals surface area contributed by atoms with Gasteiger partial charge >= 0.3 is 5.97 Å². The van der Waals surface area contributed by atoms with Crippen LogP contribution < -0.4 is 19.5 Å². The third-order valence-electron chi connectivity index (χ3n) is 3.88. The molecule has 0 unspecified atom stereocenters. The average Bonchev–Trinajstić information content (AvgIpc) is 2.72. The van der Waals surface area contributed by atoms with Crippen LogP contribution in [-0.2, 0) is 14.3 Å². The largest absolute Gasteiger partial charge is 0.486 e. The fraction of sp³-hybridized carbons (Fsp3) is 0.250. The molecular weight excluding hydrogens is 366 g/mol. The van der Waals surface area contributed by atoms with E-state index in [9.17, 15) is 14.4 Å². The molecule has 3 rings (SSSR count). The van der Waals surface area contributed by atoms with Gasteiger partial charge in [0, 0.05) is 11.8 Å². The maximum absolute atomic E-state index is 12.2. The van der Waals surface area contributed by atoms with Crippen LogP contribution in [0.2, 0.25) is 0 Å². The lowest BCUT2D eigenvalue weighted by molar-refractivity contribution is -0.155. The van der Waals surface area contributed by atoms with E-state index < -0.39 is 24.6 Å². The van der Waals surface area contributed by atoms with Crippen LogP contribution in [-0.4, -0.2) is 44.1 Å². The van der Waals surface area contributed by atoms with Gasteiger partial charge in [-0.15, -0.1) is 0 Å². The number of benzene rings is 2. The first kappa shape index (κ1) is 19.2. The van der Waals surface area contributed by atoms with Gasteiger partial charge in [0.25, 0.3) is 5.91 Å². The standard InChI is InChI=1S/C20H19NO7/c1-13(28-19(23)12-27-16-5-3-2-4-14(16)11-22)20(24)21-15-6-7-17-18(10-15)26-9-8-25-17/h2-7,10-11,13H,8-9,12H2,1H3,(H,21,24)/t13-/m1/s1. The molecule has 0 spiro atoms. The SMILES string of the molecule is C[C@@H](OC(=O)COc1ccccc1C=O)C(=O)Nc1ccc2c(c1)OCCO2. The van der Waals surface area contributed by atoms with Gasteiger partial charge in [-0.25, -0.2) is 4.79 Å². The molecule has 1 aliphatic heterocycles. The van der Waals surface area contributed by atoms with E-state index in [2.05, 4.69) is 5.32 Å². The topological polar surface area (TPSA) is 100 Å². The van der Waals surface area contributed by atoms with Crippen molar-refractivity contribution >= 4 is 23.9 Å². The van der Waals surface area contributed by atoms with E-state index in [-0.39, 0.29) is 5.75 Å². The molecule has 0 saturated carbocycles. The summed E-state index contributed by atoms with van der Waals surface area (Å²) in [6, 6.07) is 11.5. The molecule has 1 aliphatic rings. The highest BCUT2D eigenvalue weighted by molar-refractivity contribution is 5.95. The highest BCUT2D eigenvalue weighted by Crippen LogP contribution is 2.32. The first-order valence-corrected chi connectivity index (χ1v) is 8.64. The summed E-state index contributed by atoms with van der Waals surface area (Å²) >= 11 is 0. The summed E-state index contributed by atoms with van der Waals surface area (Å²) in [5.74, 6) is 0.180. The van der Waals surface area contributed by atoms with Gasteiger partial charge < -0.3 is 24.3 Å². The maximum Gasteiger partial charge on any atom is 0.344 e. The molecule has 0 aromatic heterocycles. The van der Waals surface area contributed by atoms with Crippen molar-refractivity contribution in [2.24, 2.45) is 0 Å². The van der Waals surface area contributed by atoms with Crippen LogP contribution in [0, 0.1) is 0 Å². The number of hydrogen-bond donors (Lipinski definition) is 1. The molecule has 0 saturated heterocycles. The fourth-order valence-corrected chi connectivity index (χ4v) is 2.50. The van der Waals surface area contributed by atoms with Crippen LogP contribution in [0.3, 0.4) is 0 Å². The minimum absolute atomic E-state index is 0.267. The molecule has 1 heterocycles. The minimum atomic E-state index is -1.04. The van der Waals surface area contributed by atoms with Crippen LogP contribution >= 0.6 is 0 Å². The second-order valence-corrected chi connectivity index (χ2v) is 5.92. The number of carbonyl (C=O) groups is 3. The summed E-state index contributed by atoms with van der Waals surface area (Å²) in [4.78, 5) is 35.1. The molecular formula is C20H19NO7. The lowest BCUT2D eigenvalue weighted by atomic mass is 10.2. The number of hydrogen-bond acceptors (Lipinski definition) is 7. The number of ether oxygens (including phenoxy) is 4. The Morgan fingerprint density at radius 3 is 2.68 bits per heavy atom. The average molecular weight is 385 g/mol. The number of anilines is 1. The summed E-state index contributed by atoms with van der Waals surface area (Å²) in [6.45, 7) is 1.94. The fourth-order valence-electron chi connectivity index (χ4n) is 2.50. The second kappa shape index (κ2) is 8.90. The normalized spacial score (nSPS) is 13.2. The quantitative estimate of drug-likeness (QED) is 0.576. The number of amides is 1. The summed E-state index contributed by atoms with van der Waals surface area (Å²) < 4.78 is 21.2. The van der Waals surface area contributed by atoms with Gasteiger partial charge in [0.05, 0.1) is 5.56 Å². The Morgan fingerprint density at radius 2 is 1.89 bits per heavy atom. The minimum Gasteiger partial charge on any atom is -0.486 e. The maximum atomic E-state index is 12.2. The summed E-state index contributed by atoms with van der Waals surface area (Å²) in [6.07, 6.45) is -0.407. The summed E-state index contributed by atoms with van der Waals surface area (Å²) in [7, 11) is 0. The third kappa shape index (κ3) is 4.79. The van der Waals surface area contributed by atoms with Crippen LogP contribution in [0.4, 0.5) is 5.69 Å². The van der Waals surface area contributed by atoms with Crippen LogP contribution in [0.15, 0.2) is 42.5 Å². The van der Waals surface area contributed by atoms with E-state index in [0.29, 0.717) is 42.2 Å². The van der Waals surface area contributed by atoms with Crippen LogP contribution in [0.5, 0.6) is 17.2 Å². The van der Waals surface area contributed by atoms with Crippen molar-refractivity contribution in [2.45, 2.75) is 13.0 Å². The van der Waals surface area contributed by atoms with E-state index in [1.165, 1.54) is 6.92 Å². The van der Waals surface area contributed by atoms with E-state index in [4.69, 9.17) is 18.9 Å². The van der Waals surface area contributed by atoms with E-state index in [0.717, 1.165) is 0 Å².